The van der Waals surface area contributed by atoms with Gasteiger partial charge in [0.05, 0.1) is 0 Å². The molecular weight excluding hydrogens is 356 g/mol. The fourth-order valence-electron chi connectivity index (χ4n) is 3.10. The van der Waals surface area contributed by atoms with Crippen LogP contribution < -0.4 is 5.73 Å². The van der Waals surface area contributed by atoms with Gasteiger partial charge in [0.15, 0.2) is 5.96 Å². The van der Waals surface area contributed by atoms with Gasteiger partial charge in [-0.2, -0.15) is 4.31 Å². The van der Waals surface area contributed by atoms with Gasteiger partial charge in [0.25, 0.3) is 10.0 Å². The Bertz CT molecular complexity index is 681. The molecule has 0 spiro atoms. The van der Waals surface area contributed by atoms with Gasteiger partial charge in [-0.15, -0.1) is 11.3 Å². The van der Waals surface area contributed by atoms with E-state index in [1.807, 2.05) is 19.9 Å². The first kappa shape index (κ1) is 20.2. The average molecular weight is 387 g/mol. The second-order valence-corrected chi connectivity index (χ2v) is 9.83. The number of sulfonamides is 1. The molecule has 0 aromatic carbocycles. The summed E-state index contributed by atoms with van der Waals surface area (Å²) < 4.78 is 26.9. The zero-order valence-electron chi connectivity index (χ0n) is 15.4. The molecule has 0 aliphatic carbocycles. The molecule has 1 aromatic rings. The van der Waals surface area contributed by atoms with Crippen molar-refractivity contribution in [1.29, 1.82) is 0 Å². The van der Waals surface area contributed by atoms with E-state index in [1.165, 1.54) is 22.1 Å². The van der Waals surface area contributed by atoms with Crippen molar-refractivity contribution in [2.24, 2.45) is 16.6 Å². The van der Waals surface area contributed by atoms with Crippen LogP contribution >= 0.6 is 11.3 Å². The van der Waals surface area contributed by atoms with Gasteiger partial charge < -0.3 is 10.6 Å². The van der Waals surface area contributed by atoms with Gasteiger partial charge in [-0.3, -0.25) is 4.99 Å². The van der Waals surface area contributed by atoms with Crippen molar-refractivity contribution in [3.63, 3.8) is 0 Å². The van der Waals surface area contributed by atoms with Gasteiger partial charge in [-0.05, 0) is 30.9 Å². The van der Waals surface area contributed by atoms with E-state index in [0.29, 0.717) is 42.1 Å². The molecule has 6 nitrogen and oxygen atoms in total. The fraction of sp³-hybridized carbons (Fsp3) is 0.706. The van der Waals surface area contributed by atoms with Crippen LogP contribution in [0, 0.1) is 5.92 Å². The predicted octanol–water partition coefficient (Wildman–Crippen LogP) is 2.37. The van der Waals surface area contributed by atoms with Crippen LogP contribution in [0.3, 0.4) is 0 Å². The van der Waals surface area contributed by atoms with E-state index in [-0.39, 0.29) is 0 Å². The topological polar surface area (TPSA) is 79.0 Å². The zero-order valence-corrected chi connectivity index (χ0v) is 17.1. The maximum Gasteiger partial charge on any atom is 0.252 e. The smallest absolute Gasteiger partial charge is 0.252 e. The van der Waals surface area contributed by atoms with E-state index in [4.69, 9.17) is 5.73 Å². The third-order valence-electron chi connectivity index (χ3n) is 4.55. The van der Waals surface area contributed by atoms with E-state index in [9.17, 15) is 8.42 Å². The summed E-state index contributed by atoms with van der Waals surface area (Å²) in [5.41, 5.74) is 6.10. The molecule has 0 amide bonds. The van der Waals surface area contributed by atoms with E-state index >= 15 is 0 Å². The summed E-state index contributed by atoms with van der Waals surface area (Å²) in [6.45, 7) is 9.46. The van der Waals surface area contributed by atoms with E-state index in [2.05, 4.69) is 16.8 Å². The van der Waals surface area contributed by atoms with Crippen molar-refractivity contribution in [2.75, 3.05) is 32.7 Å². The van der Waals surface area contributed by atoms with E-state index in [0.717, 1.165) is 24.4 Å². The van der Waals surface area contributed by atoms with Crippen molar-refractivity contribution in [1.82, 2.24) is 9.21 Å². The lowest BCUT2D eigenvalue weighted by molar-refractivity contribution is 0.270. The van der Waals surface area contributed by atoms with Crippen molar-refractivity contribution in [2.45, 2.75) is 44.2 Å². The molecule has 2 N–H and O–H groups in total. The first-order chi connectivity index (χ1) is 11.9. The molecule has 0 radical (unpaired) electrons. The minimum absolute atomic E-state index is 0.410. The Balaban J connectivity index is 1.94. The second kappa shape index (κ2) is 9.00. The lowest BCUT2D eigenvalue weighted by Gasteiger charge is -2.31. The molecule has 142 valence electrons. The van der Waals surface area contributed by atoms with Crippen molar-refractivity contribution in [3.8, 4) is 0 Å². The van der Waals surface area contributed by atoms with Crippen LogP contribution in [0.25, 0.3) is 0 Å². The average Bonchev–Trinajstić information content (AvgIpc) is 3.05. The monoisotopic (exact) mass is 386 g/mol. The van der Waals surface area contributed by atoms with Crippen LogP contribution in [0.4, 0.5) is 0 Å². The van der Waals surface area contributed by atoms with Crippen LogP contribution in [0.1, 0.15) is 38.5 Å². The van der Waals surface area contributed by atoms with Crippen LogP contribution in [0.15, 0.2) is 21.3 Å². The molecule has 0 bridgehead atoms. The lowest BCUT2D eigenvalue weighted by atomic mass is 10.0. The van der Waals surface area contributed by atoms with Crippen molar-refractivity contribution in [3.05, 3.63) is 17.0 Å². The number of thiophene rings is 1. The highest BCUT2D eigenvalue weighted by molar-refractivity contribution is 7.91. The fourth-order valence-corrected chi connectivity index (χ4v) is 6.06. The van der Waals surface area contributed by atoms with Gasteiger partial charge in [0.2, 0.25) is 0 Å². The Morgan fingerprint density at radius 2 is 2.12 bits per heavy atom. The maximum atomic E-state index is 12.5. The number of piperidine rings is 1. The van der Waals surface area contributed by atoms with Crippen molar-refractivity contribution >= 4 is 27.3 Å². The number of guanidine groups is 1. The summed E-state index contributed by atoms with van der Waals surface area (Å²) in [5, 5.41) is 0. The summed E-state index contributed by atoms with van der Waals surface area (Å²) in [6.07, 6.45) is 3.13. The van der Waals surface area contributed by atoms with Gasteiger partial charge >= 0.3 is 0 Å². The largest absolute Gasteiger partial charge is 0.370 e. The van der Waals surface area contributed by atoms with E-state index in [1.54, 1.807) is 6.07 Å². The SMILES string of the molecule is CCN(CC)S(=O)(=O)c1ccc(CCN=C(N)N2CCCC(C)C2)s1. The summed E-state index contributed by atoms with van der Waals surface area (Å²) in [4.78, 5) is 7.66. The molecule has 0 saturated carbocycles. The van der Waals surface area contributed by atoms with Gasteiger partial charge in [0.1, 0.15) is 4.21 Å². The number of likely N-dealkylation sites (tertiary alicyclic amines) is 1. The summed E-state index contributed by atoms with van der Waals surface area (Å²) in [7, 11) is -3.36. The zero-order chi connectivity index (χ0) is 18.4. The summed E-state index contributed by atoms with van der Waals surface area (Å²) in [6, 6.07) is 3.59. The van der Waals surface area contributed by atoms with Crippen molar-refractivity contribution < 1.29 is 8.42 Å². The number of rotatable bonds is 7. The van der Waals surface area contributed by atoms with Crippen LogP contribution in [-0.4, -0.2) is 56.3 Å². The molecule has 1 atom stereocenters. The maximum absolute atomic E-state index is 12.5. The molecule has 1 aliphatic heterocycles. The molecule has 2 rings (SSSR count). The number of hydrogen-bond acceptors (Lipinski definition) is 4. The minimum atomic E-state index is -3.36. The third kappa shape index (κ3) is 5.18. The lowest BCUT2D eigenvalue weighted by Crippen LogP contribution is -2.43. The summed E-state index contributed by atoms with van der Waals surface area (Å²) >= 11 is 1.33. The summed E-state index contributed by atoms with van der Waals surface area (Å²) in [5.74, 6) is 1.27. The molecule has 8 heteroatoms. The first-order valence-corrected chi connectivity index (χ1v) is 11.3. The Hall–Kier alpha value is -1.12. The quantitative estimate of drug-likeness (QED) is 0.576. The molecule has 1 aliphatic rings. The molecule has 1 saturated heterocycles. The predicted molar refractivity (Wildman–Crippen MR) is 105 cm³/mol. The number of hydrogen-bond donors (Lipinski definition) is 1. The standard InChI is InChI=1S/C17H30N4O2S2/c1-4-21(5-2)25(22,23)16-9-8-15(24-16)10-11-19-17(18)20-12-6-7-14(3)13-20/h8-9,14H,4-7,10-13H2,1-3H3,(H2,18,19). The Morgan fingerprint density at radius 1 is 1.40 bits per heavy atom. The minimum Gasteiger partial charge on any atom is -0.370 e. The van der Waals surface area contributed by atoms with Gasteiger partial charge in [0, 0.05) is 44.0 Å². The molecule has 1 fully saturated rings. The molecule has 25 heavy (non-hydrogen) atoms. The van der Waals surface area contributed by atoms with E-state index < -0.39 is 10.0 Å². The normalized spacial score (nSPS) is 19.6. The Labute approximate surface area is 155 Å². The number of aliphatic imine (C=N–C) groups is 1. The second-order valence-electron chi connectivity index (χ2n) is 6.49. The highest BCUT2D eigenvalue weighted by Crippen LogP contribution is 2.25. The van der Waals surface area contributed by atoms with Crippen LogP contribution in [0.2, 0.25) is 0 Å². The number of nitrogens with zero attached hydrogens (tertiary/aromatic N) is 3. The Kier molecular flexibility index (Phi) is 7.27. The molecule has 2 heterocycles. The van der Waals surface area contributed by atoms with Crippen LogP contribution in [0.5, 0.6) is 0 Å². The third-order valence-corrected chi connectivity index (χ3v) is 8.21. The van der Waals surface area contributed by atoms with Gasteiger partial charge in [-0.1, -0.05) is 20.8 Å². The highest BCUT2D eigenvalue weighted by atomic mass is 32.2. The molecule has 1 aromatic heterocycles. The molecule has 1 unspecified atom stereocenters. The Morgan fingerprint density at radius 3 is 2.76 bits per heavy atom. The molecular formula is C17H30N4O2S2. The van der Waals surface area contributed by atoms with Gasteiger partial charge in [-0.25, -0.2) is 8.42 Å². The highest BCUT2D eigenvalue weighted by Gasteiger charge is 2.23. The van der Waals surface area contributed by atoms with Crippen LogP contribution in [-0.2, 0) is 16.4 Å². The first-order valence-electron chi connectivity index (χ1n) is 9.02. The number of nitrogens with two attached hydrogens (primary N) is 1.